The molecule has 0 aromatic carbocycles. The van der Waals surface area contributed by atoms with Crippen molar-refractivity contribution in [3.63, 3.8) is 0 Å². The molecule has 0 unspecified atom stereocenters. The summed E-state index contributed by atoms with van der Waals surface area (Å²) in [5.41, 5.74) is 3.29. The first-order valence-corrected chi connectivity index (χ1v) is 10.7. The van der Waals surface area contributed by atoms with Gasteiger partial charge in [0.2, 0.25) is 5.91 Å². The van der Waals surface area contributed by atoms with Gasteiger partial charge in [0.1, 0.15) is 23.9 Å². The summed E-state index contributed by atoms with van der Waals surface area (Å²) >= 11 is 0. The van der Waals surface area contributed by atoms with Gasteiger partial charge in [0, 0.05) is 24.2 Å². The Morgan fingerprint density at radius 1 is 1.27 bits per heavy atom. The highest BCUT2D eigenvalue weighted by atomic mass is 19.3. The average molecular weight is 454 g/mol. The molecule has 0 radical (unpaired) electrons. The molecule has 33 heavy (non-hydrogen) atoms. The third-order valence-corrected chi connectivity index (χ3v) is 5.43. The summed E-state index contributed by atoms with van der Waals surface area (Å²) in [5, 5.41) is 15.9. The van der Waals surface area contributed by atoms with Gasteiger partial charge in [0.05, 0.1) is 29.4 Å². The molecular formula is C23H24F2N6O2. The Hall–Kier alpha value is -3.53. The number of aryl methyl sites for hydroxylation is 1. The van der Waals surface area contributed by atoms with Crippen LogP contribution < -0.4 is 10.6 Å². The van der Waals surface area contributed by atoms with E-state index in [-0.39, 0.29) is 5.82 Å². The Morgan fingerprint density at radius 2 is 2.06 bits per heavy atom. The number of amides is 1. The number of aliphatic hydroxyl groups excluding tert-OH is 1. The minimum absolute atomic E-state index is 0.134. The predicted molar refractivity (Wildman–Crippen MR) is 119 cm³/mol. The van der Waals surface area contributed by atoms with Crippen LogP contribution in [0.1, 0.15) is 43.5 Å². The minimum Gasteiger partial charge on any atom is -0.387 e. The van der Waals surface area contributed by atoms with Crippen molar-refractivity contribution in [1.29, 1.82) is 0 Å². The number of halogens is 2. The van der Waals surface area contributed by atoms with Gasteiger partial charge in [-0.2, -0.15) is 0 Å². The van der Waals surface area contributed by atoms with E-state index >= 15 is 0 Å². The SMILES string of the molecule is CCC[C@H](O)c1cc(C)c(Nc2ncccc2-c2cc(NC(=O)[C@H]3CC3(F)F)ncn2)cn1. The number of pyridine rings is 2. The fourth-order valence-electron chi connectivity index (χ4n) is 3.44. The molecule has 1 fully saturated rings. The smallest absolute Gasteiger partial charge is 0.260 e. The number of carbonyl (C=O) groups excluding carboxylic acids is 1. The zero-order chi connectivity index (χ0) is 23.6. The highest BCUT2D eigenvalue weighted by molar-refractivity contribution is 5.95. The summed E-state index contributed by atoms with van der Waals surface area (Å²) in [5.74, 6) is -4.40. The number of aliphatic hydroxyl groups is 1. The molecule has 0 spiro atoms. The minimum atomic E-state index is -2.95. The summed E-state index contributed by atoms with van der Waals surface area (Å²) < 4.78 is 26.3. The second-order valence-electron chi connectivity index (χ2n) is 8.05. The van der Waals surface area contributed by atoms with E-state index in [1.165, 1.54) is 12.4 Å². The van der Waals surface area contributed by atoms with Crippen LogP contribution in [0.5, 0.6) is 0 Å². The Bertz CT molecular complexity index is 1170. The van der Waals surface area contributed by atoms with Gasteiger partial charge in [0.25, 0.3) is 5.92 Å². The number of aromatic nitrogens is 4. The highest BCUT2D eigenvalue weighted by Gasteiger charge is 2.61. The van der Waals surface area contributed by atoms with Gasteiger partial charge in [-0.3, -0.25) is 9.78 Å². The first-order valence-electron chi connectivity index (χ1n) is 10.7. The van der Waals surface area contributed by atoms with Crippen LogP contribution in [0.25, 0.3) is 11.3 Å². The van der Waals surface area contributed by atoms with Crippen molar-refractivity contribution in [1.82, 2.24) is 19.9 Å². The van der Waals surface area contributed by atoms with Gasteiger partial charge in [-0.25, -0.2) is 23.7 Å². The molecule has 0 saturated heterocycles. The number of hydrogen-bond acceptors (Lipinski definition) is 7. The molecule has 10 heteroatoms. The number of carbonyl (C=O) groups is 1. The van der Waals surface area contributed by atoms with E-state index in [0.717, 1.165) is 12.0 Å². The zero-order valence-corrected chi connectivity index (χ0v) is 18.2. The average Bonchev–Trinajstić information content (AvgIpc) is 3.44. The van der Waals surface area contributed by atoms with Crippen molar-refractivity contribution in [2.45, 2.75) is 45.1 Å². The zero-order valence-electron chi connectivity index (χ0n) is 18.2. The third kappa shape index (κ3) is 5.11. The lowest BCUT2D eigenvalue weighted by molar-refractivity contribution is -0.119. The van der Waals surface area contributed by atoms with E-state index in [9.17, 15) is 18.7 Å². The number of hydrogen-bond donors (Lipinski definition) is 3. The lowest BCUT2D eigenvalue weighted by Gasteiger charge is -2.15. The van der Waals surface area contributed by atoms with E-state index in [0.29, 0.717) is 34.9 Å². The van der Waals surface area contributed by atoms with Gasteiger partial charge in [0.15, 0.2) is 0 Å². The number of nitrogens with zero attached hydrogens (tertiary/aromatic N) is 4. The van der Waals surface area contributed by atoms with Gasteiger partial charge < -0.3 is 15.7 Å². The molecule has 1 aliphatic carbocycles. The molecule has 1 aliphatic rings. The van der Waals surface area contributed by atoms with E-state index in [1.807, 2.05) is 19.9 Å². The second kappa shape index (κ2) is 9.14. The number of rotatable bonds is 8. The third-order valence-electron chi connectivity index (χ3n) is 5.43. The molecule has 3 aromatic rings. The summed E-state index contributed by atoms with van der Waals surface area (Å²) in [6.45, 7) is 3.90. The van der Waals surface area contributed by atoms with E-state index in [1.54, 1.807) is 24.5 Å². The van der Waals surface area contributed by atoms with Crippen LogP contribution >= 0.6 is 0 Å². The van der Waals surface area contributed by atoms with Crippen LogP contribution in [0.2, 0.25) is 0 Å². The van der Waals surface area contributed by atoms with E-state index in [2.05, 4.69) is 30.6 Å². The maximum absolute atomic E-state index is 13.2. The molecule has 3 heterocycles. The van der Waals surface area contributed by atoms with Gasteiger partial charge >= 0.3 is 0 Å². The van der Waals surface area contributed by atoms with Crippen molar-refractivity contribution < 1.29 is 18.7 Å². The summed E-state index contributed by atoms with van der Waals surface area (Å²) in [7, 11) is 0. The molecule has 0 bridgehead atoms. The molecular weight excluding hydrogens is 430 g/mol. The molecule has 3 N–H and O–H groups in total. The fourth-order valence-corrected chi connectivity index (χ4v) is 3.44. The van der Waals surface area contributed by atoms with Crippen molar-refractivity contribution in [3.05, 3.63) is 54.2 Å². The first kappa shape index (κ1) is 22.7. The van der Waals surface area contributed by atoms with Gasteiger partial charge in [-0.05, 0) is 37.1 Å². The Balaban J connectivity index is 1.55. The lowest BCUT2D eigenvalue weighted by atomic mass is 10.1. The molecule has 1 saturated carbocycles. The van der Waals surface area contributed by atoms with Crippen LogP contribution in [-0.4, -0.2) is 36.9 Å². The molecule has 172 valence electrons. The standard InChI is InChI=1S/C23H24F2N6O2/c1-3-5-19(32)17-8-13(2)18(11-27-17)30-21-14(6-4-7-26-21)16-9-20(29-12-28-16)31-22(33)15-10-23(15,24)25/h4,6-9,11-12,15,19,32H,3,5,10H2,1-2H3,(H,26,30)(H,28,29,31,33)/t15-,19+/m1/s1. The maximum atomic E-state index is 13.2. The second-order valence-corrected chi connectivity index (χ2v) is 8.05. The molecule has 0 aliphatic heterocycles. The Labute approximate surface area is 189 Å². The molecule has 4 rings (SSSR count). The van der Waals surface area contributed by atoms with E-state index in [4.69, 9.17) is 0 Å². The van der Waals surface area contributed by atoms with Crippen LogP contribution in [0, 0.1) is 12.8 Å². The molecule has 2 atom stereocenters. The van der Waals surface area contributed by atoms with Crippen molar-refractivity contribution >= 4 is 23.2 Å². The Kier molecular flexibility index (Phi) is 6.28. The van der Waals surface area contributed by atoms with Crippen molar-refractivity contribution in [3.8, 4) is 11.3 Å². The highest BCUT2D eigenvalue weighted by Crippen LogP contribution is 2.49. The van der Waals surface area contributed by atoms with Crippen LogP contribution in [0.3, 0.4) is 0 Å². The lowest BCUT2D eigenvalue weighted by Crippen LogP contribution is -2.18. The van der Waals surface area contributed by atoms with Crippen molar-refractivity contribution in [2.75, 3.05) is 10.6 Å². The Morgan fingerprint density at radius 3 is 2.76 bits per heavy atom. The van der Waals surface area contributed by atoms with Crippen LogP contribution in [0.4, 0.5) is 26.1 Å². The largest absolute Gasteiger partial charge is 0.387 e. The summed E-state index contributed by atoms with van der Waals surface area (Å²) in [6.07, 6.45) is 4.94. The normalized spacial score (nSPS) is 17.3. The van der Waals surface area contributed by atoms with Gasteiger partial charge in [-0.1, -0.05) is 13.3 Å². The predicted octanol–water partition coefficient (Wildman–Crippen LogP) is 4.41. The van der Waals surface area contributed by atoms with Crippen LogP contribution in [0.15, 0.2) is 43.0 Å². The topological polar surface area (TPSA) is 113 Å². The van der Waals surface area contributed by atoms with Crippen LogP contribution in [-0.2, 0) is 4.79 Å². The molecule has 3 aromatic heterocycles. The number of nitrogens with one attached hydrogen (secondary N) is 2. The molecule has 8 nitrogen and oxygen atoms in total. The monoisotopic (exact) mass is 454 g/mol. The van der Waals surface area contributed by atoms with E-state index < -0.39 is 30.3 Å². The molecule has 1 amide bonds. The van der Waals surface area contributed by atoms with Gasteiger partial charge in [-0.15, -0.1) is 0 Å². The first-order chi connectivity index (χ1) is 15.8. The summed E-state index contributed by atoms with van der Waals surface area (Å²) in [4.78, 5) is 29.0. The fraction of sp³-hybridized carbons (Fsp3) is 0.348. The van der Waals surface area contributed by atoms with Crippen molar-refractivity contribution in [2.24, 2.45) is 5.92 Å². The maximum Gasteiger partial charge on any atom is 0.260 e. The quantitative estimate of drug-likeness (QED) is 0.462. The number of alkyl halides is 2. The number of anilines is 3. The summed E-state index contributed by atoms with van der Waals surface area (Å²) in [6, 6.07) is 6.87.